The lowest BCUT2D eigenvalue weighted by Crippen LogP contribution is -2.07. The predicted molar refractivity (Wildman–Crippen MR) is 94.5 cm³/mol. The summed E-state index contributed by atoms with van der Waals surface area (Å²) in [6, 6.07) is 14.6. The van der Waals surface area contributed by atoms with Crippen molar-refractivity contribution in [2.45, 2.75) is 6.92 Å². The van der Waals surface area contributed by atoms with Crippen molar-refractivity contribution in [2.75, 3.05) is 0 Å². The molecule has 2 aromatic heterocycles. The second-order valence-electron chi connectivity index (χ2n) is 5.61. The monoisotopic (exact) mass is 331 g/mol. The highest BCUT2D eigenvalue weighted by Gasteiger charge is 2.13. The lowest BCUT2D eigenvalue weighted by atomic mass is 10.0. The van der Waals surface area contributed by atoms with E-state index in [1.54, 1.807) is 18.2 Å². The molecule has 0 radical (unpaired) electrons. The molecule has 0 aliphatic heterocycles. The fraction of sp³-hybridized carbons (Fsp3) is 0.0500. The summed E-state index contributed by atoms with van der Waals surface area (Å²) in [5.74, 6) is -0.0990. The fourth-order valence-electron chi connectivity index (χ4n) is 2.84. The van der Waals surface area contributed by atoms with Crippen LogP contribution in [0.15, 0.2) is 70.2 Å². The number of fused-ring (bicyclic) bond motifs is 3. The molecule has 0 aliphatic carbocycles. The lowest BCUT2D eigenvalue weighted by Gasteiger charge is -2.06. The Labute approximate surface area is 142 Å². The zero-order chi connectivity index (χ0) is 17.4. The van der Waals surface area contributed by atoms with Crippen LogP contribution in [0.3, 0.4) is 0 Å². The predicted octanol–water partition coefficient (Wildman–Crippen LogP) is 3.93. The highest BCUT2D eigenvalue weighted by atomic mass is 16.5. The van der Waals surface area contributed by atoms with E-state index in [1.807, 2.05) is 30.3 Å². The molecule has 5 heteroatoms. The van der Waals surface area contributed by atoms with Gasteiger partial charge in [-0.3, -0.25) is 14.6 Å². The standard InChI is InChI=1S/C20H13NO4/c1-12(22)25-14-7-8-17(21-10-14)16-11-24-18-9-6-13-4-2-3-5-15(13)19(18)20(16)23/h2-11H,1H3. The van der Waals surface area contributed by atoms with Crippen LogP contribution in [0.2, 0.25) is 0 Å². The quantitative estimate of drug-likeness (QED) is 0.411. The Kier molecular flexibility index (Phi) is 3.54. The van der Waals surface area contributed by atoms with E-state index in [9.17, 15) is 9.59 Å². The Hall–Kier alpha value is -3.47. The van der Waals surface area contributed by atoms with E-state index in [-0.39, 0.29) is 5.43 Å². The second kappa shape index (κ2) is 5.87. The number of benzene rings is 2. The molecule has 4 rings (SSSR count). The summed E-state index contributed by atoms with van der Waals surface area (Å²) in [7, 11) is 0. The topological polar surface area (TPSA) is 69.4 Å². The average molecular weight is 331 g/mol. The number of hydrogen-bond acceptors (Lipinski definition) is 5. The third kappa shape index (κ3) is 2.65. The number of pyridine rings is 1. The van der Waals surface area contributed by atoms with E-state index >= 15 is 0 Å². The van der Waals surface area contributed by atoms with Crippen molar-refractivity contribution in [3.63, 3.8) is 0 Å². The van der Waals surface area contributed by atoms with Crippen molar-refractivity contribution < 1.29 is 13.9 Å². The van der Waals surface area contributed by atoms with Gasteiger partial charge in [-0.1, -0.05) is 30.3 Å². The minimum absolute atomic E-state index is 0.147. The van der Waals surface area contributed by atoms with Gasteiger partial charge in [0.2, 0.25) is 5.43 Å². The van der Waals surface area contributed by atoms with Gasteiger partial charge < -0.3 is 9.15 Å². The van der Waals surface area contributed by atoms with E-state index in [1.165, 1.54) is 19.4 Å². The zero-order valence-electron chi connectivity index (χ0n) is 13.4. The molecule has 5 nitrogen and oxygen atoms in total. The molecule has 0 aliphatic rings. The van der Waals surface area contributed by atoms with Crippen molar-refractivity contribution in [2.24, 2.45) is 0 Å². The van der Waals surface area contributed by atoms with Crippen LogP contribution in [0.1, 0.15) is 6.92 Å². The Balaban J connectivity index is 1.91. The van der Waals surface area contributed by atoms with Gasteiger partial charge in [0.25, 0.3) is 0 Å². The van der Waals surface area contributed by atoms with Crippen molar-refractivity contribution in [3.05, 3.63) is 71.2 Å². The third-order valence-electron chi connectivity index (χ3n) is 3.94. The SMILES string of the molecule is CC(=O)Oc1ccc(-c2coc3ccc4ccccc4c3c2=O)nc1. The Morgan fingerprint density at radius 3 is 2.68 bits per heavy atom. The van der Waals surface area contributed by atoms with Crippen LogP contribution in [0.25, 0.3) is 33.0 Å². The summed E-state index contributed by atoms with van der Waals surface area (Å²) < 4.78 is 10.6. The van der Waals surface area contributed by atoms with Crippen molar-refractivity contribution >= 4 is 27.7 Å². The molecule has 2 aromatic carbocycles. The highest BCUT2D eigenvalue weighted by molar-refractivity contribution is 6.06. The highest BCUT2D eigenvalue weighted by Crippen LogP contribution is 2.25. The molecule has 0 fully saturated rings. The van der Waals surface area contributed by atoms with Crippen LogP contribution in [0, 0.1) is 0 Å². The molecule has 0 unspecified atom stereocenters. The summed E-state index contributed by atoms with van der Waals surface area (Å²) in [6.45, 7) is 1.32. The largest absolute Gasteiger partial charge is 0.463 e. The van der Waals surface area contributed by atoms with E-state index in [0.29, 0.717) is 28.0 Å². The van der Waals surface area contributed by atoms with Gasteiger partial charge in [0.15, 0.2) is 0 Å². The molecular weight excluding hydrogens is 318 g/mol. The first-order valence-electron chi connectivity index (χ1n) is 7.71. The molecule has 0 saturated heterocycles. The van der Waals surface area contributed by atoms with Crippen LogP contribution in [-0.4, -0.2) is 11.0 Å². The van der Waals surface area contributed by atoms with Crippen LogP contribution < -0.4 is 10.2 Å². The average Bonchev–Trinajstić information content (AvgIpc) is 2.62. The summed E-state index contributed by atoms with van der Waals surface area (Å²) in [6.07, 6.45) is 2.82. The molecule has 0 saturated carbocycles. The molecule has 25 heavy (non-hydrogen) atoms. The number of hydrogen-bond donors (Lipinski definition) is 0. The van der Waals surface area contributed by atoms with Crippen LogP contribution >= 0.6 is 0 Å². The Morgan fingerprint density at radius 1 is 1.08 bits per heavy atom. The van der Waals surface area contributed by atoms with E-state index in [4.69, 9.17) is 9.15 Å². The molecule has 0 atom stereocenters. The Morgan fingerprint density at radius 2 is 1.92 bits per heavy atom. The van der Waals surface area contributed by atoms with E-state index in [2.05, 4.69) is 4.98 Å². The van der Waals surface area contributed by atoms with Gasteiger partial charge in [0, 0.05) is 6.92 Å². The Bertz CT molecular complexity index is 1160. The number of rotatable bonds is 2. The number of esters is 1. The summed E-state index contributed by atoms with van der Waals surface area (Å²) in [5.41, 5.74) is 1.20. The number of ether oxygens (including phenoxy) is 1. The molecule has 0 bridgehead atoms. The second-order valence-corrected chi connectivity index (χ2v) is 5.61. The van der Waals surface area contributed by atoms with Crippen LogP contribution in [0.4, 0.5) is 0 Å². The number of nitrogens with zero attached hydrogens (tertiary/aromatic N) is 1. The molecule has 122 valence electrons. The molecule has 2 heterocycles. The van der Waals surface area contributed by atoms with Gasteiger partial charge in [0.1, 0.15) is 17.6 Å². The van der Waals surface area contributed by atoms with E-state index in [0.717, 1.165) is 10.8 Å². The summed E-state index contributed by atoms with van der Waals surface area (Å²) >= 11 is 0. The van der Waals surface area contributed by atoms with Gasteiger partial charge in [-0.15, -0.1) is 0 Å². The summed E-state index contributed by atoms with van der Waals surface area (Å²) in [5, 5.41) is 2.34. The molecule has 0 N–H and O–H groups in total. The molecule has 4 aromatic rings. The van der Waals surface area contributed by atoms with Crippen LogP contribution in [-0.2, 0) is 4.79 Å². The smallest absolute Gasteiger partial charge is 0.308 e. The lowest BCUT2D eigenvalue weighted by molar-refractivity contribution is -0.131. The maximum atomic E-state index is 13.0. The van der Waals surface area contributed by atoms with Crippen molar-refractivity contribution in [1.82, 2.24) is 4.98 Å². The first kappa shape index (κ1) is 15.1. The van der Waals surface area contributed by atoms with Crippen molar-refractivity contribution in [1.29, 1.82) is 0 Å². The summed E-state index contributed by atoms with van der Waals surface area (Å²) in [4.78, 5) is 28.2. The first-order valence-corrected chi connectivity index (χ1v) is 7.71. The number of carbonyl (C=O) groups excluding carboxylic acids is 1. The maximum absolute atomic E-state index is 13.0. The zero-order valence-corrected chi connectivity index (χ0v) is 13.4. The normalized spacial score (nSPS) is 10.9. The molecular formula is C20H13NO4. The van der Waals surface area contributed by atoms with Gasteiger partial charge in [0.05, 0.1) is 22.8 Å². The third-order valence-corrected chi connectivity index (χ3v) is 3.94. The minimum atomic E-state index is -0.425. The van der Waals surface area contributed by atoms with Crippen LogP contribution in [0.5, 0.6) is 5.75 Å². The maximum Gasteiger partial charge on any atom is 0.308 e. The van der Waals surface area contributed by atoms with E-state index < -0.39 is 5.97 Å². The molecule has 0 amide bonds. The van der Waals surface area contributed by atoms with Gasteiger partial charge >= 0.3 is 5.97 Å². The van der Waals surface area contributed by atoms with Gasteiger partial charge in [-0.2, -0.15) is 0 Å². The fourth-order valence-corrected chi connectivity index (χ4v) is 2.84. The van der Waals surface area contributed by atoms with Gasteiger partial charge in [-0.05, 0) is 29.0 Å². The molecule has 0 spiro atoms. The van der Waals surface area contributed by atoms with Crippen molar-refractivity contribution in [3.8, 4) is 17.0 Å². The van der Waals surface area contributed by atoms with Gasteiger partial charge in [-0.25, -0.2) is 0 Å². The number of aromatic nitrogens is 1. The first-order chi connectivity index (χ1) is 12.1. The minimum Gasteiger partial charge on any atom is -0.463 e. The number of carbonyl (C=O) groups is 1.